The SMILES string of the molecule is CCN(CC)CCN(Cc1ccc(-c2ccc(C(F)(F)F)cc2)cc1)C(=O)Cn1c(SCc2ccc(F)cc2)cc(=O)c2ccccc21.O=C(O)[C@H](O)[C@@H](O)C(=O)O. The summed E-state index contributed by atoms with van der Waals surface area (Å²) < 4.78 is 54.5. The van der Waals surface area contributed by atoms with Crippen LogP contribution in [0.1, 0.15) is 30.5 Å². The lowest BCUT2D eigenvalue weighted by atomic mass is 10.0. The molecule has 0 aliphatic heterocycles. The molecule has 4 N–H and O–H groups in total. The standard InChI is InChI=1S/C38H37F4N3O2S.C4H6O6/c1-3-43(4-2)21-22-44(24-27-9-13-29(14-10-27)30-15-17-31(18-16-30)38(40,41)42)36(47)25-45-34-8-6-5-7-33(34)35(46)23-37(45)48-26-28-11-19-32(39)20-12-28;5-1(3(7)8)2(6)4(9)10/h5-20,23H,3-4,21-22,24-26H2,1-2H3;1-2,5-6H,(H,7,8)(H,9,10)/t;1-,2-/m.1/s1. The van der Waals surface area contributed by atoms with Gasteiger partial charge in [-0.1, -0.05) is 74.5 Å². The molecule has 0 bridgehead atoms. The van der Waals surface area contributed by atoms with Gasteiger partial charge in [-0.2, -0.15) is 13.2 Å². The van der Waals surface area contributed by atoms with E-state index >= 15 is 0 Å². The van der Waals surface area contributed by atoms with E-state index in [1.807, 2.05) is 45.9 Å². The third kappa shape index (κ3) is 12.5. The number of aliphatic carboxylic acids is 2. The third-order valence-electron chi connectivity index (χ3n) is 9.19. The molecular weight excluding hydrogens is 783 g/mol. The molecule has 5 rings (SSSR count). The monoisotopic (exact) mass is 825 g/mol. The van der Waals surface area contributed by atoms with E-state index in [1.54, 1.807) is 30.3 Å². The Balaban J connectivity index is 0.000000657. The van der Waals surface area contributed by atoms with Gasteiger partial charge in [0, 0.05) is 36.8 Å². The molecule has 58 heavy (non-hydrogen) atoms. The second-order valence-electron chi connectivity index (χ2n) is 13.0. The number of nitrogens with zero attached hydrogens (tertiary/aromatic N) is 3. The fourth-order valence-electron chi connectivity index (χ4n) is 5.80. The summed E-state index contributed by atoms with van der Waals surface area (Å²) >= 11 is 1.42. The Bertz CT molecular complexity index is 2190. The number of hydrogen-bond donors (Lipinski definition) is 4. The maximum atomic E-state index is 14.2. The molecule has 0 spiro atoms. The number of carbonyl (C=O) groups is 3. The van der Waals surface area contributed by atoms with Gasteiger partial charge in [-0.05, 0) is 71.7 Å². The van der Waals surface area contributed by atoms with Crippen molar-refractivity contribution in [2.45, 2.75) is 56.1 Å². The summed E-state index contributed by atoms with van der Waals surface area (Å²) in [5.41, 5.74) is 3.04. The van der Waals surface area contributed by atoms with E-state index in [0.717, 1.165) is 41.9 Å². The van der Waals surface area contributed by atoms with Gasteiger partial charge in [-0.25, -0.2) is 14.0 Å². The minimum Gasteiger partial charge on any atom is -0.479 e. The van der Waals surface area contributed by atoms with Gasteiger partial charge in [0.25, 0.3) is 0 Å². The van der Waals surface area contributed by atoms with E-state index in [-0.39, 0.29) is 23.7 Å². The number of carbonyl (C=O) groups excluding carboxylic acids is 1. The number of para-hydroxylation sites is 1. The first-order chi connectivity index (χ1) is 27.5. The van der Waals surface area contributed by atoms with Gasteiger partial charge in [0.05, 0.1) is 16.1 Å². The van der Waals surface area contributed by atoms with Crippen molar-refractivity contribution >= 4 is 40.5 Å². The van der Waals surface area contributed by atoms with Gasteiger partial charge < -0.3 is 34.8 Å². The summed E-state index contributed by atoms with van der Waals surface area (Å²) in [6, 6.07) is 27.5. The van der Waals surface area contributed by atoms with Gasteiger partial charge in [-0.15, -0.1) is 11.8 Å². The van der Waals surface area contributed by atoms with Crippen molar-refractivity contribution in [2.24, 2.45) is 0 Å². The van der Waals surface area contributed by atoms with Crippen LogP contribution in [0.15, 0.2) is 113 Å². The normalized spacial score (nSPS) is 12.4. The number of carboxylic acid groups (broad SMARTS) is 2. The van der Waals surface area contributed by atoms with Crippen molar-refractivity contribution in [1.82, 2.24) is 14.4 Å². The van der Waals surface area contributed by atoms with E-state index in [4.69, 9.17) is 20.4 Å². The lowest BCUT2D eigenvalue weighted by Gasteiger charge is -2.28. The van der Waals surface area contributed by atoms with E-state index in [0.29, 0.717) is 46.9 Å². The highest BCUT2D eigenvalue weighted by molar-refractivity contribution is 7.98. The molecule has 0 fully saturated rings. The van der Waals surface area contributed by atoms with Crippen LogP contribution in [0.25, 0.3) is 22.0 Å². The second-order valence-corrected chi connectivity index (χ2v) is 14.0. The highest BCUT2D eigenvalue weighted by Gasteiger charge is 2.30. The molecule has 0 aliphatic carbocycles. The third-order valence-corrected chi connectivity index (χ3v) is 10.3. The van der Waals surface area contributed by atoms with E-state index in [2.05, 4.69) is 18.7 Å². The number of aliphatic hydroxyl groups excluding tert-OH is 2. The van der Waals surface area contributed by atoms with Gasteiger partial charge in [-0.3, -0.25) is 9.59 Å². The Labute approximate surface area is 335 Å². The van der Waals surface area contributed by atoms with Crippen molar-refractivity contribution < 1.29 is 52.4 Å². The van der Waals surface area contributed by atoms with Gasteiger partial charge >= 0.3 is 18.1 Å². The zero-order valence-corrected chi connectivity index (χ0v) is 32.4. The number of amides is 1. The van der Waals surface area contributed by atoms with Crippen LogP contribution in [0.5, 0.6) is 0 Å². The minimum absolute atomic E-state index is 0.00837. The predicted molar refractivity (Wildman–Crippen MR) is 212 cm³/mol. The highest BCUT2D eigenvalue weighted by Crippen LogP contribution is 2.31. The summed E-state index contributed by atoms with van der Waals surface area (Å²) in [5.74, 6) is -3.49. The maximum absolute atomic E-state index is 14.2. The Morgan fingerprint density at radius 3 is 1.83 bits per heavy atom. The van der Waals surface area contributed by atoms with Gasteiger partial charge in [0.15, 0.2) is 17.6 Å². The van der Waals surface area contributed by atoms with E-state index in [9.17, 15) is 36.7 Å². The molecule has 1 heterocycles. The van der Waals surface area contributed by atoms with E-state index < -0.39 is 35.9 Å². The van der Waals surface area contributed by atoms with Crippen molar-refractivity contribution in [3.05, 3.63) is 136 Å². The number of hydrogen-bond acceptors (Lipinski definition) is 8. The van der Waals surface area contributed by atoms with Crippen LogP contribution < -0.4 is 5.43 Å². The first-order valence-corrected chi connectivity index (χ1v) is 19.1. The van der Waals surface area contributed by atoms with Gasteiger partial charge in [0.1, 0.15) is 12.4 Å². The van der Waals surface area contributed by atoms with Crippen molar-refractivity contribution in [3.8, 4) is 11.1 Å². The number of fused-ring (bicyclic) bond motifs is 1. The van der Waals surface area contributed by atoms with Crippen LogP contribution in [0.3, 0.4) is 0 Å². The summed E-state index contributed by atoms with van der Waals surface area (Å²) in [7, 11) is 0. The fraction of sp³-hybridized carbons (Fsp3) is 0.286. The molecule has 0 aliphatic rings. The minimum atomic E-state index is -4.40. The highest BCUT2D eigenvalue weighted by atomic mass is 32.2. The fourth-order valence-corrected chi connectivity index (χ4v) is 6.81. The summed E-state index contributed by atoms with van der Waals surface area (Å²) in [6.07, 6.45) is -8.93. The molecule has 0 saturated carbocycles. The Morgan fingerprint density at radius 2 is 1.29 bits per heavy atom. The zero-order chi connectivity index (χ0) is 42.6. The molecule has 0 radical (unpaired) electrons. The van der Waals surface area contributed by atoms with E-state index in [1.165, 1.54) is 36.0 Å². The molecule has 308 valence electrons. The number of benzene rings is 4. The first kappa shape index (κ1) is 45.2. The number of pyridine rings is 1. The zero-order valence-electron chi connectivity index (χ0n) is 31.6. The van der Waals surface area contributed by atoms with Crippen LogP contribution in [0, 0.1) is 5.82 Å². The quantitative estimate of drug-likeness (QED) is 0.0651. The lowest BCUT2D eigenvalue weighted by molar-refractivity contribution is -0.165. The molecule has 0 saturated heterocycles. The topological polar surface area (TPSA) is 161 Å². The molecule has 4 aromatic carbocycles. The number of likely N-dealkylation sites (N-methyl/N-ethyl adjacent to an activating group) is 1. The van der Waals surface area contributed by atoms with Crippen LogP contribution in [-0.4, -0.2) is 91.0 Å². The molecule has 5 aromatic rings. The van der Waals surface area contributed by atoms with Crippen molar-refractivity contribution in [2.75, 3.05) is 26.2 Å². The molecule has 0 unspecified atom stereocenters. The Kier molecular flexibility index (Phi) is 16.2. The summed E-state index contributed by atoms with van der Waals surface area (Å²) in [6.45, 7) is 7.35. The number of carboxylic acids is 2. The molecule has 1 amide bonds. The number of rotatable bonds is 16. The van der Waals surface area contributed by atoms with Gasteiger partial charge in [0.2, 0.25) is 5.91 Å². The molecule has 11 nitrogen and oxygen atoms in total. The molecule has 2 atom stereocenters. The van der Waals surface area contributed by atoms with Crippen molar-refractivity contribution in [3.63, 3.8) is 0 Å². The predicted octanol–water partition coefficient (Wildman–Crippen LogP) is 6.37. The number of aromatic nitrogens is 1. The molecular formula is C42H43F4N3O8S. The smallest absolute Gasteiger partial charge is 0.416 e. The van der Waals surface area contributed by atoms with Crippen LogP contribution in [0.2, 0.25) is 0 Å². The Morgan fingerprint density at radius 1 is 0.759 bits per heavy atom. The van der Waals surface area contributed by atoms with Crippen molar-refractivity contribution in [1.29, 1.82) is 0 Å². The average molecular weight is 826 g/mol. The summed E-state index contributed by atoms with van der Waals surface area (Å²) in [4.78, 5) is 50.8. The number of alkyl halides is 3. The van der Waals surface area contributed by atoms with Crippen LogP contribution >= 0.6 is 11.8 Å². The number of halogens is 4. The maximum Gasteiger partial charge on any atom is 0.416 e. The molecule has 16 heteroatoms. The number of aliphatic hydroxyl groups is 2. The van der Waals surface area contributed by atoms with Crippen LogP contribution in [0.4, 0.5) is 17.6 Å². The first-order valence-electron chi connectivity index (χ1n) is 18.1. The average Bonchev–Trinajstić information content (AvgIpc) is 3.21. The number of thioether (sulfide) groups is 1. The molecule has 1 aromatic heterocycles. The van der Waals surface area contributed by atoms with Crippen LogP contribution in [-0.2, 0) is 39.4 Å². The lowest BCUT2D eigenvalue weighted by Crippen LogP contribution is -2.40. The Hall–Kier alpha value is -5.55. The summed E-state index contributed by atoms with van der Waals surface area (Å²) in [5, 5.41) is 33.7. The second kappa shape index (κ2) is 20.7. The largest absolute Gasteiger partial charge is 0.479 e.